The zero-order valence-corrected chi connectivity index (χ0v) is 8.13. The number of rotatable bonds is 9. The van der Waals surface area contributed by atoms with E-state index in [1.54, 1.807) is 0 Å². The van der Waals surface area contributed by atoms with E-state index in [1.165, 1.54) is 12.8 Å². The maximum atomic E-state index is 9.90. The maximum Gasteiger partial charge on any atom is 0.298 e. The molecule has 0 radical (unpaired) electrons. The summed E-state index contributed by atoms with van der Waals surface area (Å²) in [6, 6.07) is 0. The number of hydrogen-bond acceptors (Lipinski definition) is 2. The van der Waals surface area contributed by atoms with Crippen LogP contribution in [0.2, 0.25) is 0 Å². The topological polar surface area (TPSA) is 26.3 Å². The van der Waals surface area contributed by atoms with Crippen LogP contribution in [-0.2, 0) is 9.53 Å². The van der Waals surface area contributed by atoms with Crippen LogP contribution in [-0.4, -0.2) is 6.47 Å². The molecule has 0 saturated carbocycles. The Bertz CT molecular complexity index is 161. The number of carbonyl (C=O) groups excluding carboxylic acids is 1. The summed E-state index contributed by atoms with van der Waals surface area (Å²) in [5.74, 6) is 0.568. The van der Waals surface area contributed by atoms with Crippen molar-refractivity contribution >= 4 is 6.47 Å². The van der Waals surface area contributed by atoms with Crippen LogP contribution in [0.3, 0.4) is 0 Å². The molecule has 0 aliphatic carbocycles. The summed E-state index contributed by atoms with van der Waals surface area (Å²) < 4.78 is 4.58. The van der Waals surface area contributed by atoms with Crippen molar-refractivity contribution in [2.24, 2.45) is 0 Å². The molecule has 0 spiro atoms. The van der Waals surface area contributed by atoms with E-state index in [1.807, 2.05) is 6.08 Å². The van der Waals surface area contributed by atoms with E-state index in [4.69, 9.17) is 0 Å². The van der Waals surface area contributed by atoms with E-state index in [2.05, 4.69) is 17.9 Å². The highest BCUT2D eigenvalue weighted by atomic mass is 16.5. The maximum absolute atomic E-state index is 9.90. The average Bonchev–Trinajstić information content (AvgIpc) is 2.11. The Morgan fingerprint density at radius 2 is 1.92 bits per heavy atom. The first-order valence-corrected chi connectivity index (χ1v) is 4.70. The molecule has 0 amide bonds. The smallest absolute Gasteiger partial charge is 0.298 e. The number of carbonyl (C=O) groups is 1. The van der Waals surface area contributed by atoms with Crippen molar-refractivity contribution in [1.29, 1.82) is 0 Å². The van der Waals surface area contributed by atoms with Gasteiger partial charge in [-0.05, 0) is 19.3 Å². The van der Waals surface area contributed by atoms with Gasteiger partial charge in [-0.2, -0.15) is 0 Å². The van der Waals surface area contributed by atoms with Gasteiger partial charge in [0.25, 0.3) is 6.47 Å². The highest BCUT2D eigenvalue weighted by molar-refractivity contribution is 5.39. The molecule has 0 aromatic heterocycles. The molecule has 0 fully saturated rings. The Kier molecular flexibility index (Phi) is 8.31. The molecular formula is C11H18O2. The Morgan fingerprint density at radius 3 is 2.54 bits per heavy atom. The third-order valence-corrected chi connectivity index (χ3v) is 1.83. The van der Waals surface area contributed by atoms with Gasteiger partial charge >= 0.3 is 0 Å². The molecule has 0 atom stereocenters. The van der Waals surface area contributed by atoms with E-state index in [-0.39, 0.29) is 0 Å². The Hall–Kier alpha value is -1.05. The molecule has 74 valence electrons. The summed E-state index contributed by atoms with van der Waals surface area (Å²) in [6.07, 6.45) is 8.43. The van der Waals surface area contributed by atoms with E-state index in [0.717, 1.165) is 25.7 Å². The number of allylic oxidation sites excluding steroid dienone is 2. The molecule has 0 aromatic carbocycles. The van der Waals surface area contributed by atoms with Gasteiger partial charge in [0.1, 0.15) is 5.76 Å². The molecule has 0 N–H and O–H groups in total. The minimum Gasteiger partial charge on any atom is -0.434 e. The highest BCUT2D eigenvalue weighted by Gasteiger charge is 1.94. The van der Waals surface area contributed by atoms with E-state index < -0.39 is 0 Å². The first-order valence-electron chi connectivity index (χ1n) is 4.70. The predicted octanol–water partition coefficient (Wildman–Crippen LogP) is 3.20. The molecular weight excluding hydrogens is 164 g/mol. The van der Waals surface area contributed by atoms with Crippen LogP contribution in [0.25, 0.3) is 0 Å². The van der Waals surface area contributed by atoms with Gasteiger partial charge in [-0.3, -0.25) is 4.79 Å². The minimum atomic E-state index is 0.431. The monoisotopic (exact) mass is 182 g/mol. The Morgan fingerprint density at radius 1 is 1.23 bits per heavy atom. The van der Waals surface area contributed by atoms with Crippen LogP contribution in [0.5, 0.6) is 0 Å². The van der Waals surface area contributed by atoms with Gasteiger partial charge in [-0.15, -0.1) is 6.58 Å². The van der Waals surface area contributed by atoms with E-state index in [0.29, 0.717) is 12.2 Å². The zero-order chi connectivity index (χ0) is 9.94. The van der Waals surface area contributed by atoms with Gasteiger partial charge in [0.05, 0.1) is 0 Å². The van der Waals surface area contributed by atoms with Gasteiger partial charge in [-0.25, -0.2) is 0 Å². The fourth-order valence-electron chi connectivity index (χ4n) is 1.09. The van der Waals surface area contributed by atoms with Gasteiger partial charge in [-0.1, -0.05) is 25.5 Å². The fourth-order valence-corrected chi connectivity index (χ4v) is 1.09. The predicted molar refractivity (Wildman–Crippen MR) is 54.2 cm³/mol. The van der Waals surface area contributed by atoms with Crippen molar-refractivity contribution in [3.8, 4) is 0 Å². The van der Waals surface area contributed by atoms with Gasteiger partial charge in [0.2, 0.25) is 0 Å². The van der Waals surface area contributed by atoms with Crippen LogP contribution in [0.1, 0.15) is 38.5 Å². The zero-order valence-electron chi connectivity index (χ0n) is 8.13. The standard InChI is InChI=1S/C11H18O2/c1-3-4-5-6-7-8-9-11(2)13-10-12/h3,10H,1-2,4-9H2. The number of unbranched alkanes of at least 4 members (excludes halogenated alkanes) is 4. The minimum absolute atomic E-state index is 0.431. The molecule has 0 aliphatic heterocycles. The quantitative estimate of drug-likeness (QED) is 0.237. The van der Waals surface area contributed by atoms with Gasteiger partial charge in [0, 0.05) is 6.42 Å². The first-order chi connectivity index (χ1) is 6.31. The molecule has 2 nitrogen and oxygen atoms in total. The Labute approximate surface area is 80.3 Å². The van der Waals surface area contributed by atoms with Crippen molar-refractivity contribution in [3.05, 3.63) is 25.0 Å². The van der Waals surface area contributed by atoms with Crippen LogP contribution in [0.15, 0.2) is 25.0 Å². The summed E-state index contributed by atoms with van der Waals surface area (Å²) in [5, 5.41) is 0. The summed E-state index contributed by atoms with van der Waals surface area (Å²) in [6.45, 7) is 7.70. The van der Waals surface area contributed by atoms with Crippen molar-refractivity contribution in [2.75, 3.05) is 0 Å². The van der Waals surface area contributed by atoms with Crippen LogP contribution < -0.4 is 0 Å². The second-order valence-electron chi connectivity index (χ2n) is 2.99. The van der Waals surface area contributed by atoms with Gasteiger partial charge < -0.3 is 4.74 Å². The molecule has 0 unspecified atom stereocenters. The van der Waals surface area contributed by atoms with Gasteiger partial charge in [0.15, 0.2) is 0 Å². The molecule has 0 bridgehead atoms. The van der Waals surface area contributed by atoms with E-state index in [9.17, 15) is 4.79 Å². The SMILES string of the molecule is C=CCCCCCCC(=C)OC=O. The third kappa shape index (κ3) is 8.86. The van der Waals surface area contributed by atoms with Crippen molar-refractivity contribution in [2.45, 2.75) is 38.5 Å². The molecule has 2 heteroatoms. The highest BCUT2D eigenvalue weighted by Crippen LogP contribution is 2.09. The molecule has 0 aliphatic rings. The third-order valence-electron chi connectivity index (χ3n) is 1.83. The molecule has 13 heavy (non-hydrogen) atoms. The van der Waals surface area contributed by atoms with Crippen LogP contribution in [0.4, 0.5) is 0 Å². The number of ether oxygens (including phenoxy) is 1. The van der Waals surface area contributed by atoms with Crippen LogP contribution in [0, 0.1) is 0 Å². The van der Waals surface area contributed by atoms with Crippen molar-refractivity contribution in [3.63, 3.8) is 0 Å². The lowest BCUT2D eigenvalue weighted by atomic mass is 10.1. The lowest BCUT2D eigenvalue weighted by molar-refractivity contribution is -0.125. The molecule has 0 saturated heterocycles. The average molecular weight is 182 g/mol. The first kappa shape index (κ1) is 11.9. The lowest BCUT2D eigenvalue weighted by Gasteiger charge is -2.01. The largest absolute Gasteiger partial charge is 0.434 e. The second kappa shape index (κ2) is 9.04. The summed E-state index contributed by atoms with van der Waals surface area (Å²) in [7, 11) is 0. The molecule has 0 heterocycles. The van der Waals surface area contributed by atoms with Crippen LogP contribution >= 0.6 is 0 Å². The van der Waals surface area contributed by atoms with Crippen molar-refractivity contribution in [1.82, 2.24) is 0 Å². The van der Waals surface area contributed by atoms with Crippen molar-refractivity contribution < 1.29 is 9.53 Å². The molecule has 0 rings (SSSR count). The van der Waals surface area contributed by atoms with E-state index >= 15 is 0 Å². The fraction of sp³-hybridized carbons (Fsp3) is 0.545. The lowest BCUT2D eigenvalue weighted by Crippen LogP contribution is -1.88. The normalized spacial score (nSPS) is 9.23. The Balaban J connectivity index is 3.10. The summed E-state index contributed by atoms with van der Waals surface area (Å²) in [5.41, 5.74) is 0. The number of hydrogen-bond donors (Lipinski definition) is 0. The second-order valence-corrected chi connectivity index (χ2v) is 2.99. The summed E-state index contributed by atoms with van der Waals surface area (Å²) >= 11 is 0. The summed E-state index contributed by atoms with van der Waals surface area (Å²) in [4.78, 5) is 9.90. The molecule has 0 aromatic rings.